The van der Waals surface area contributed by atoms with E-state index in [1.807, 2.05) is 24.0 Å². The van der Waals surface area contributed by atoms with Gasteiger partial charge in [-0.05, 0) is 42.9 Å². The summed E-state index contributed by atoms with van der Waals surface area (Å²) in [6.07, 6.45) is 5.59. The molecule has 2 rings (SSSR count). The van der Waals surface area contributed by atoms with Crippen LogP contribution in [0, 0.1) is 0 Å². The van der Waals surface area contributed by atoms with Gasteiger partial charge in [0.05, 0.1) is 0 Å². The van der Waals surface area contributed by atoms with Crippen LogP contribution in [0.25, 0.3) is 0 Å². The predicted octanol–water partition coefficient (Wildman–Crippen LogP) is 2.64. The van der Waals surface area contributed by atoms with Crippen molar-refractivity contribution in [3.63, 3.8) is 0 Å². The Bertz CT molecular complexity index is 509. The van der Waals surface area contributed by atoms with Gasteiger partial charge in [-0.1, -0.05) is 6.92 Å². The Morgan fingerprint density at radius 2 is 2.22 bits per heavy atom. The maximum Gasteiger partial charge on any atom is 0.174 e. The van der Waals surface area contributed by atoms with E-state index in [9.17, 15) is 0 Å². The summed E-state index contributed by atoms with van der Waals surface area (Å²) in [7, 11) is 1.99. The van der Waals surface area contributed by atoms with Crippen molar-refractivity contribution in [2.24, 2.45) is 7.05 Å². The van der Waals surface area contributed by atoms with Gasteiger partial charge in [-0.3, -0.25) is 0 Å². The zero-order valence-electron chi connectivity index (χ0n) is 10.9. The normalized spacial score (nSPS) is 12.6. The van der Waals surface area contributed by atoms with E-state index in [1.54, 1.807) is 18.0 Å². The second kappa shape index (κ2) is 6.02. The number of pyridine rings is 1. The Labute approximate surface area is 112 Å². The quantitative estimate of drug-likeness (QED) is 0.899. The topological polar surface area (TPSA) is 42.7 Å². The lowest BCUT2D eigenvalue weighted by Crippen LogP contribution is -2.17. The molecule has 18 heavy (non-hydrogen) atoms. The van der Waals surface area contributed by atoms with E-state index in [4.69, 9.17) is 0 Å². The summed E-state index contributed by atoms with van der Waals surface area (Å²) >= 11 is 1.58. The average Bonchev–Trinajstić information content (AvgIpc) is 2.76. The van der Waals surface area contributed by atoms with E-state index < -0.39 is 0 Å². The molecule has 4 nitrogen and oxygen atoms in total. The molecule has 0 bridgehead atoms. The number of nitrogens with one attached hydrogen (secondary N) is 1. The predicted molar refractivity (Wildman–Crippen MR) is 73.7 cm³/mol. The third-order valence-corrected chi connectivity index (χ3v) is 3.75. The molecule has 1 unspecified atom stereocenters. The molecular formula is C13H18N4S. The van der Waals surface area contributed by atoms with Crippen molar-refractivity contribution in [1.82, 2.24) is 19.9 Å². The molecule has 0 aliphatic heterocycles. The summed E-state index contributed by atoms with van der Waals surface area (Å²) < 4.78 is 1.99. The first-order chi connectivity index (χ1) is 8.70. The number of aryl methyl sites for hydroxylation is 1. The molecule has 0 radical (unpaired) electrons. The van der Waals surface area contributed by atoms with Gasteiger partial charge < -0.3 is 9.88 Å². The van der Waals surface area contributed by atoms with E-state index in [1.165, 1.54) is 5.56 Å². The Hall–Kier alpha value is -1.33. The van der Waals surface area contributed by atoms with E-state index in [0.29, 0.717) is 6.04 Å². The molecule has 2 aromatic rings. The molecule has 2 heterocycles. The van der Waals surface area contributed by atoms with Crippen LogP contribution in [0.1, 0.15) is 25.5 Å². The van der Waals surface area contributed by atoms with Gasteiger partial charge in [0.25, 0.3) is 0 Å². The molecule has 0 fully saturated rings. The standard InChI is InChI=1S/C13H18N4S/c1-4-14-10(2)11-5-6-15-12(9-11)18-13-16-7-8-17(13)3/h5-10,14H,4H2,1-3H3. The van der Waals surface area contributed by atoms with Crippen LogP contribution in [0.3, 0.4) is 0 Å². The van der Waals surface area contributed by atoms with Crippen LogP contribution in [0.2, 0.25) is 0 Å². The molecule has 5 heteroatoms. The summed E-state index contributed by atoms with van der Waals surface area (Å²) in [6.45, 7) is 5.24. The second-order valence-corrected chi connectivity index (χ2v) is 5.12. The second-order valence-electron chi connectivity index (χ2n) is 4.13. The van der Waals surface area contributed by atoms with Gasteiger partial charge in [-0.15, -0.1) is 0 Å². The van der Waals surface area contributed by atoms with Crippen LogP contribution in [0.5, 0.6) is 0 Å². The molecule has 0 saturated carbocycles. The van der Waals surface area contributed by atoms with Crippen LogP contribution in [0.4, 0.5) is 0 Å². The van der Waals surface area contributed by atoms with Crippen molar-refractivity contribution in [2.45, 2.75) is 30.1 Å². The minimum absolute atomic E-state index is 0.346. The van der Waals surface area contributed by atoms with Crippen molar-refractivity contribution < 1.29 is 0 Å². The molecule has 0 saturated heterocycles. The van der Waals surface area contributed by atoms with Gasteiger partial charge in [0.2, 0.25) is 0 Å². The average molecular weight is 262 g/mol. The lowest BCUT2D eigenvalue weighted by atomic mass is 10.1. The molecule has 2 aromatic heterocycles. The van der Waals surface area contributed by atoms with Crippen LogP contribution in [0.15, 0.2) is 40.9 Å². The molecule has 0 amide bonds. The molecule has 96 valence electrons. The third kappa shape index (κ3) is 3.11. The number of nitrogens with zero attached hydrogens (tertiary/aromatic N) is 3. The molecule has 0 aliphatic carbocycles. The Morgan fingerprint density at radius 3 is 2.89 bits per heavy atom. The van der Waals surface area contributed by atoms with Gasteiger partial charge in [-0.25, -0.2) is 9.97 Å². The summed E-state index contributed by atoms with van der Waals surface area (Å²) in [5.74, 6) is 0. The molecule has 0 aromatic carbocycles. The number of hydrogen-bond acceptors (Lipinski definition) is 4. The highest BCUT2D eigenvalue weighted by molar-refractivity contribution is 7.99. The molecule has 1 N–H and O–H groups in total. The van der Waals surface area contributed by atoms with Crippen LogP contribution >= 0.6 is 11.8 Å². The van der Waals surface area contributed by atoms with Gasteiger partial charge in [0, 0.05) is 31.7 Å². The van der Waals surface area contributed by atoms with Crippen molar-refractivity contribution in [2.75, 3.05) is 6.54 Å². The van der Waals surface area contributed by atoms with Crippen LogP contribution in [-0.2, 0) is 7.05 Å². The fourth-order valence-corrected chi connectivity index (χ4v) is 2.53. The summed E-state index contributed by atoms with van der Waals surface area (Å²) in [5.41, 5.74) is 1.25. The van der Waals surface area contributed by atoms with E-state index in [0.717, 1.165) is 16.7 Å². The maximum absolute atomic E-state index is 4.38. The highest BCUT2D eigenvalue weighted by Gasteiger charge is 2.08. The SMILES string of the molecule is CCNC(C)c1ccnc(Sc2nccn2C)c1. The number of imidazole rings is 1. The lowest BCUT2D eigenvalue weighted by molar-refractivity contribution is 0.596. The number of hydrogen-bond donors (Lipinski definition) is 1. The van der Waals surface area contributed by atoms with Crippen molar-refractivity contribution >= 4 is 11.8 Å². The first-order valence-corrected chi connectivity index (χ1v) is 6.87. The largest absolute Gasteiger partial charge is 0.329 e. The van der Waals surface area contributed by atoms with E-state index >= 15 is 0 Å². The van der Waals surface area contributed by atoms with E-state index in [2.05, 4.69) is 41.3 Å². The van der Waals surface area contributed by atoms with Crippen molar-refractivity contribution in [1.29, 1.82) is 0 Å². The minimum atomic E-state index is 0.346. The summed E-state index contributed by atoms with van der Waals surface area (Å²) in [5, 5.41) is 5.33. The first kappa shape index (κ1) is 13.1. The minimum Gasteiger partial charge on any atom is -0.329 e. The van der Waals surface area contributed by atoms with Gasteiger partial charge in [0.1, 0.15) is 5.03 Å². The zero-order chi connectivity index (χ0) is 13.0. The van der Waals surface area contributed by atoms with Crippen LogP contribution in [-0.4, -0.2) is 21.1 Å². The molecular weight excluding hydrogens is 244 g/mol. The molecule has 1 atom stereocenters. The summed E-state index contributed by atoms with van der Waals surface area (Å²) in [6, 6.07) is 4.52. The molecule has 0 spiro atoms. The summed E-state index contributed by atoms with van der Waals surface area (Å²) in [4.78, 5) is 8.67. The van der Waals surface area contributed by atoms with E-state index in [-0.39, 0.29) is 0 Å². The lowest BCUT2D eigenvalue weighted by Gasteiger charge is -2.13. The Morgan fingerprint density at radius 1 is 1.39 bits per heavy atom. The highest BCUT2D eigenvalue weighted by Crippen LogP contribution is 2.25. The fourth-order valence-electron chi connectivity index (χ4n) is 1.72. The fraction of sp³-hybridized carbons (Fsp3) is 0.385. The maximum atomic E-state index is 4.38. The van der Waals surface area contributed by atoms with Gasteiger partial charge >= 0.3 is 0 Å². The highest BCUT2D eigenvalue weighted by atomic mass is 32.2. The monoisotopic (exact) mass is 262 g/mol. The Kier molecular flexibility index (Phi) is 4.38. The number of rotatable bonds is 5. The van der Waals surface area contributed by atoms with Gasteiger partial charge in [0.15, 0.2) is 5.16 Å². The third-order valence-electron chi connectivity index (χ3n) is 2.74. The smallest absolute Gasteiger partial charge is 0.174 e. The van der Waals surface area contributed by atoms with Crippen LogP contribution < -0.4 is 5.32 Å². The van der Waals surface area contributed by atoms with Crippen molar-refractivity contribution in [3.8, 4) is 0 Å². The van der Waals surface area contributed by atoms with Gasteiger partial charge in [-0.2, -0.15) is 0 Å². The Balaban J connectivity index is 2.15. The first-order valence-electron chi connectivity index (χ1n) is 6.05. The zero-order valence-corrected chi connectivity index (χ0v) is 11.7. The van der Waals surface area contributed by atoms with Crippen molar-refractivity contribution in [3.05, 3.63) is 36.3 Å². The molecule has 0 aliphatic rings. The number of aromatic nitrogens is 3.